The van der Waals surface area contributed by atoms with Crippen molar-refractivity contribution < 1.29 is 28.8 Å². The van der Waals surface area contributed by atoms with Crippen LogP contribution >= 0.6 is 0 Å². The summed E-state index contributed by atoms with van der Waals surface area (Å²) in [6.07, 6.45) is 1.16. The van der Waals surface area contributed by atoms with Gasteiger partial charge in [0.2, 0.25) is 11.8 Å². The number of amides is 5. The number of aliphatic imine (C=N–C) groups is 1. The maximum Gasteiger partial charge on any atom is 0.325 e. The smallest absolute Gasteiger partial charge is 0.325 e. The fourth-order valence-corrected chi connectivity index (χ4v) is 4.69. The van der Waals surface area contributed by atoms with E-state index in [1.807, 2.05) is 4.90 Å². The maximum atomic E-state index is 13.2. The highest BCUT2D eigenvalue weighted by Gasteiger charge is 2.42. The third-order valence-corrected chi connectivity index (χ3v) is 7.15. The van der Waals surface area contributed by atoms with Gasteiger partial charge in [-0.2, -0.15) is 0 Å². The minimum atomic E-state index is -0.922. The molecular weight excluding hydrogens is 508 g/mol. The van der Waals surface area contributed by atoms with Gasteiger partial charge in [0.05, 0.1) is 6.04 Å². The zero-order valence-electron chi connectivity index (χ0n) is 23.3. The number of nitrogens with zero attached hydrogens (tertiary/aromatic N) is 4. The number of rotatable bonds is 14. The first-order valence-corrected chi connectivity index (χ1v) is 13.3. The molecule has 0 aromatic heterocycles. The summed E-state index contributed by atoms with van der Waals surface area (Å²) in [5, 5.41) is 5.25. The van der Waals surface area contributed by atoms with Crippen molar-refractivity contribution >= 4 is 41.3 Å². The molecule has 2 rings (SSSR count). The Labute approximate surface area is 228 Å². The van der Waals surface area contributed by atoms with Crippen LogP contribution in [0.4, 0.5) is 4.79 Å². The van der Waals surface area contributed by atoms with Crippen molar-refractivity contribution in [2.75, 3.05) is 39.3 Å². The van der Waals surface area contributed by atoms with E-state index < -0.39 is 36.0 Å². The van der Waals surface area contributed by atoms with Crippen LogP contribution in [0.15, 0.2) is 4.99 Å². The number of Topliss-reactive ketones (excluding diaryl/α,β-unsaturated/α-hetero) is 2. The lowest BCUT2D eigenvalue weighted by Gasteiger charge is -2.39. The minimum absolute atomic E-state index is 0.0233. The molecule has 2 heterocycles. The average Bonchev–Trinajstić information content (AvgIpc) is 3.14. The molecule has 2 aliphatic rings. The standard InChI is InChI=1S/C25H42N8O6/c1-15(34)7-9-28-21(36)19(6-5-8-29-24(26)27)14-20(35)17(3)31-10-12-32(13-11-31)23(38)18(4)33-22(37)16(2)30-25(33)39/h16-19H,5-14H2,1-4H3,(H,28,36)(H,30,39)(H4,26,27,29)/t16-,17-,18-,19+/m0/s1. The Kier molecular flexibility index (Phi) is 11.8. The van der Waals surface area contributed by atoms with E-state index in [-0.39, 0.29) is 48.7 Å². The van der Waals surface area contributed by atoms with Crippen LogP contribution in [0, 0.1) is 5.92 Å². The van der Waals surface area contributed by atoms with E-state index in [1.165, 1.54) is 13.8 Å². The summed E-state index contributed by atoms with van der Waals surface area (Å²) < 4.78 is 0. The highest BCUT2D eigenvalue weighted by Crippen LogP contribution is 2.18. The molecule has 0 radical (unpaired) electrons. The molecule has 0 aliphatic carbocycles. The fourth-order valence-electron chi connectivity index (χ4n) is 4.69. The zero-order valence-corrected chi connectivity index (χ0v) is 23.3. The lowest BCUT2D eigenvalue weighted by molar-refractivity contribution is -0.143. The van der Waals surface area contributed by atoms with Gasteiger partial charge in [-0.3, -0.25) is 38.8 Å². The number of guanidine groups is 1. The summed E-state index contributed by atoms with van der Waals surface area (Å²) in [6.45, 7) is 8.42. The van der Waals surface area contributed by atoms with Gasteiger partial charge in [0, 0.05) is 58.0 Å². The highest BCUT2D eigenvalue weighted by molar-refractivity contribution is 6.07. The molecular formula is C25H42N8O6. The van der Waals surface area contributed by atoms with Gasteiger partial charge in [-0.1, -0.05) is 0 Å². The van der Waals surface area contributed by atoms with Gasteiger partial charge in [-0.25, -0.2) is 4.79 Å². The molecule has 14 heteroatoms. The first-order chi connectivity index (χ1) is 18.3. The van der Waals surface area contributed by atoms with Crippen molar-refractivity contribution in [3.05, 3.63) is 0 Å². The van der Waals surface area contributed by atoms with Crippen molar-refractivity contribution in [3.8, 4) is 0 Å². The number of nitrogens with one attached hydrogen (secondary N) is 2. The largest absolute Gasteiger partial charge is 0.370 e. The van der Waals surface area contributed by atoms with Crippen molar-refractivity contribution in [2.45, 2.75) is 71.5 Å². The number of carbonyl (C=O) groups excluding carboxylic acids is 6. The number of urea groups is 1. The van der Waals surface area contributed by atoms with Gasteiger partial charge < -0.3 is 27.0 Å². The maximum absolute atomic E-state index is 13.2. The van der Waals surface area contributed by atoms with Crippen molar-refractivity contribution in [1.29, 1.82) is 0 Å². The van der Waals surface area contributed by atoms with Crippen molar-refractivity contribution in [1.82, 2.24) is 25.3 Å². The second-order valence-corrected chi connectivity index (χ2v) is 10.2. The van der Waals surface area contributed by atoms with Crippen molar-refractivity contribution in [3.63, 3.8) is 0 Å². The Balaban J connectivity index is 1.92. The van der Waals surface area contributed by atoms with Crippen LogP contribution in [0.1, 0.15) is 53.4 Å². The lowest BCUT2D eigenvalue weighted by atomic mass is 9.93. The van der Waals surface area contributed by atoms with Gasteiger partial charge in [0.25, 0.3) is 5.91 Å². The number of hydrogen-bond acceptors (Lipinski definition) is 8. The number of carbonyl (C=O) groups is 6. The van der Waals surface area contributed by atoms with Crippen molar-refractivity contribution in [2.24, 2.45) is 22.4 Å². The molecule has 0 bridgehead atoms. The Hall–Kier alpha value is -3.55. The van der Waals surface area contributed by atoms with E-state index in [9.17, 15) is 28.8 Å². The SMILES string of the molecule is CC(=O)CCNC(=O)[C@H](CCCN=C(N)N)CC(=O)[C@H](C)N1CCN(C(=O)[C@H](C)N2C(=O)N[C@@H](C)C2=O)CC1. The monoisotopic (exact) mass is 550 g/mol. The lowest BCUT2D eigenvalue weighted by Crippen LogP contribution is -2.57. The summed E-state index contributed by atoms with van der Waals surface area (Å²) >= 11 is 0. The Morgan fingerprint density at radius 2 is 1.72 bits per heavy atom. The van der Waals surface area contributed by atoms with Crippen LogP contribution < -0.4 is 22.1 Å². The second-order valence-electron chi connectivity index (χ2n) is 10.2. The number of piperazine rings is 1. The van der Waals surface area contributed by atoms with E-state index in [2.05, 4.69) is 15.6 Å². The predicted molar refractivity (Wildman–Crippen MR) is 143 cm³/mol. The first-order valence-electron chi connectivity index (χ1n) is 13.3. The molecule has 2 fully saturated rings. The van der Waals surface area contributed by atoms with Crippen LogP contribution in [0.25, 0.3) is 0 Å². The quantitative estimate of drug-likeness (QED) is 0.0866. The molecule has 0 unspecified atom stereocenters. The topological polar surface area (TPSA) is 201 Å². The van der Waals surface area contributed by atoms with Crippen LogP contribution in [0.5, 0.6) is 0 Å². The van der Waals surface area contributed by atoms with E-state index in [0.717, 1.165) is 4.90 Å². The van der Waals surface area contributed by atoms with Crippen LogP contribution in [-0.4, -0.2) is 113 Å². The van der Waals surface area contributed by atoms with Gasteiger partial charge >= 0.3 is 6.03 Å². The Bertz CT molecular complexity index is 974. The molecule has 14 nitrogen and oxygen atoms in total. The second kappa shape index (κ2) is 14.6. The van der Waals surface area contributed by atoms with Gasteiger partial charge in [0.15, 0.2) is 5.96 Å². The third kappa shape index (κ3) is 9.01. The number of imide groups is 1. The van der Waals surface area contributed by atoms with E-state index in [1.54, 1.807) is 18.7 Å². The molecule has 39 heavy (non-hydrogen) atoms. The molecule has 0 saturated carbocycles. The van der Waals surface area contributed by atoms with Crippen LogP contribution in [-0.2, 0) is 24.0 Å². The minimum Gasteiger partial charge on any atom is -0.370 e. The summed E-state index contributed by atoms with van der Waals surface area (Å²) in [6, 6.07) is -2.64. The van der Waals surface area contributed by atoms with Gasteiger partial charge in [-0.15, -0.1) is 0 Å². The normalized spacial score (nSPS) is 20.2. The molecule has 2 saturated heterocycles. The molecule has 218 valence electrons. The number of nitrogens with two attached hydrogens (primary N) is 2. The van der Waals surface area contributed by atoms with E-state index in [4.69, 9.17) is 11.5 Å². The first kappa shape index (κ1) is 31.7. The molecule has 0 aromatic carbocycles. The summed E-state index contributed by atoms with van der Waals surface area (Å²) in [4.78, 5) is 82.9. The van der Waals surface area contributed by atoms with Gasteiger partial charge in [-0.05, 0) is 40.5 Å². The average molecular weight is 551 g/mol. The van der Waals surface area contributed by atoms with E-state index >= 15 is 0 Å². The molecule has 0 aromatic rings. The summed E-state index contributed by atoms with van der Waals surface area (Å²) in [7, 11) is 0. The summed E-state index contributed by atoms with van der Waals surface area (Å²) in [5.41, 5.74) is 10.7. The van der Waals surface area contributed by atoms with Crippen LogP contribution in [0.3, 0.4) is 0 Å². The molecule has 4 atom stereocenters. The molecule has 2 aliphatic heterocycles. The fraction of sp³-hybridized carbons (Fsp3) is 0.720. The molecule has 6 N–H and O–H groups in total. The third-order valence-electron chi connectivity index (χ3n) is 7.15. The van der Waals surface area contributed by atoms with Crippen LogP contribution in [0.2, 0.25) is 0 Å². The Morgan fingerprint density at radius 3 is 2.26 bits per heavy atom. The number of hydrogen-bond donors (Lipinski definition) is 4. The molecule has 5 amide bonds. The highest BCUT2D eigenvalue weighted by atomic mass is 16.2. The van der Waals surface area contributed by atoms with E-state index in [0.29, 0.717) is 45.6 Å². The molecule has 0 spiro atoms. The number of ketones is 2. The Morgan fingerprint density at radius 1 is 1.08 bits per heavy atom. The summed E-state index contributed by atoms with van der Waals surface area (Å²) in [5.74, 6) is -1.83. The predicted octanol–water partition coefficient (Wildman–Crippen LogP) is -1.43. The van der Waals surface area contributed by atoms with Gasteiger partial charge in [0.1, 0.15) is 23.7 Å². The zero-order chi connectivity index (χ0) is 29.3.